The van der Waals surface area contributed by atoms with Crippen LogP contribution in [0, 0.1) is 0 Å². The van der Waals surface area contributed by atoms with Gasteiger partial charge in [-0.05, 0) is 48.0 Å². The fourth-order valence-electron chi connectivity index (χ4n) is 3.91. The van der Waals surface area contributed by atoms with Gasteiger partial charge in [0, 0.05) is 11.2 Å². The lowest BCUT2D eigenvalue weighted by Gasteiger charge is -2.24. The van der Waals surface area contributed by atoms with Crippen LogP contribution in [0.2, 0.25) is 5.02 Å². The summed E-state index contributed by atoms with van der Waals surface area (Å²) >= 11 is 6.10. The number of rotatable bonds is 3. The van der Waals surface area contributed by atoms with Gasteiger partial charge in [0.15, 0.2) is 5.43 Å². The van der Waals surface area contributed by atoms with Crippen LogP contribution < -0.4 is 10.3 Å². The molecule has 1 aliphatic heterocycles. The smallest absolute Gasteiger partial charge is 0.337 e. The summed E-state index contributed by atoms with van der Waals surface area (Å²) in [6.07, 6.45) is 1.56. The lowest BCUT2D eigenvalue weighted by molar-refractivity contribution is 0.0600. The van der Waals surface area contributed by atoms with Crippen LogP contribution in [0.15, 0.2) is 76.1 Å². The fraction of sp³-hybridized carbons (Fsp3) is 0.0833. The number of amides is 1. The molecule has 8 heteroatoms. The molecular weight excluding hydrogens is 432 g/mol. The minimum absolute atomic E-state index is 0.0440. The summed E-state index contributed by atoms with van der Waals surface area (Å²) in [5.74, 6) is -0.638. The van der Waals surface area contributed by atoms with Gasteiger partial charge in [0.1, 0.15) is 11.4 Å². The second-order valence-corrected chi connectivity index (χ2v) is 7.63. The monoisotopic (exact) mass is 446 g/mol. The maximum Gasteiger partial charge on any atom is 0.337 e. The van der Waals surface area contributed by atoms with E-state index >= 15 is 0 Å². The van der Waals surface area contributed by atoms with Gasteiger partial charge in [-0.3, -0.25) is 14.5 Å². The molecule has 32 heavy (non-hydrogen) atoms. The van der Waals surface area contributed by atoms with Crippen molar-refractivity contribution >= 4 is 40.3 Å². The first-order valence-electron chi connectivity index (χ1n) is 9.68. The summed E-state index contributed by atoms with van der Waals surface area (Å²) in [6.45, 7) is 0. The number of esters is 1. The Balaban J connectivity index is 1.76. The number of benzene rings is 2. The quantitative estimate of drug-likeness (QED) is 0.434. The molecule has 0 unspecified atom stereocenters. The maximum absolute atomic E-state index is 13.5. The molecule has 4 aromatic rings. The number of hydrogen-bond acceptors (Lipinski definition) is 6. The number of ether oxygens (including phenoxy) is 1. The third-order valence-electron chi connectivity index (χ3n) is 5.38. The average Bonchev–Trinajstić information content (AvgIpc) is 3.12. The molecule has 158 valence electrons. The zero-order valence-electron chi connectivity index (χ0n) is 16.7. The molecule has 0 aliphatic carbocycles. The zero-order valence-corrected chi connectivity index (χ0v) is 17.5. The first-order valence-corrected chi connectivity index (χ1v) is 10.1. The van der Waals surface area contributed by atoms with Crippen molar-refractivity contribution in [3.05, 3.63) is 105 Å². The molecule has 0 saturated carbocycles. The van der Waals surface area contributed by atoms with Crippen LogP contribution in [-0.4, -0.2) is 24.0 Å². The summed E-state index contributed by atoms with van der Waals surface area (Å²) in [6, 6.07) is 15.6. The highest BCUT2D eigenvalue weighted by Crippen LogP contribution is 2.40. The second-order valence-electron chi connectivity index (χ2n) is 7.19. The van der Waals surface area contributed by atoms with Crippen molar-refractivity contribution in [2.24, 2.45) is 0 Å². The topological polar surface area (TPSA) is 89.7 Å². The number of anilines is 1. The van der Waals surface area contributed by atoms with Gasteiger partial charge in [0.2, 0.25) is 5.76 Å². The number of carbonyl (C=O) groups excluding carboxylic acids is 2. The summed E-state index contributed by atoms with van der Waals surface area (Å²) in [5.41, 5.74) is 1.08. The molecule has 0 radical (unpaired) electrons. The van der Waals surface area contributed by atoms with Crippen molar-refractivity contribution in [1.29, 1.82) is 0 Å². The lowest BCUT2D eigenvalue weighted by atomic mass is 9.97. The van der Waals surface area contributed by atoms with E-state index in [1.165, 1.54) is 18.1 Å². The average molecular weight is 447 g/mol. The van der Waals surface area contributed by atoms with Crippen LogP contribution in [0.25, 0.3) is 11.0 Å². The Labute approximate surface area is 186 Å². The highest BCUT2D eigenvalue weighted by atomic mass is 35.5. The lowest BCUT2D eigenvalue weighted by Crippen LogP contribution is -2.30. The predicted molar refractivity (Wildman–Crippen MR) is 118 cm³/mol. The van der Waals surface area contributed by atoms with E-state index < -0.39 is 17.9 Å². The number of fused-ring (bicyclic) bond motifs is 2. The van der Waals surface area contributed by atoms with Crippen molar-refractivity contribution in [3.8, 4) is 0 Å². The first-order chi connectivity index (χ1) is 15.5. The van der Waals surface area contributed by atoms with Crippen LogP contribution >= 0.6 is 11.6 Å². The SMILES string of the molecule is COC(=O)c1ccc([C@H]2c3c(oc4ccc(Cl)cc4c3=O)C(=O)N2c2ccccn2)cc1. The van der Waals surface area contributed by atoms with Crippen LogP contribution in [0.3, 0.4) is 0 Å². The molecule has 0 spiro atoms. The molecule has 0 fully saturated rings. The van der Waals surface area contributed by atoms with Crippen LogP contribution in [0.5, 0.6) is 0 Å². The molecule has 1 aliphatic rings. The van der Waals surface area contributed by atoms with Crippen molar-refractivity contribution < 1.29 is 18.7 Å². The van der Waals surface area contributed by atoms with Gasteiger partial charge < -0.3 is 9.15 Å². The maximum atomic E-state index is 13.5. The molecule has 1 atom stereocenters. The number of pyridine rings is 1. The van der Waals surface area contributed by atoms with E-state index in [1.54, 1.807) is 60.8 Å². The molecular formula is C24H15ClN2O5. The second kappa shape index (κ2) is 7.62. The van der Waals surface area contributed by atoms with Crippen molar-refractivity contribution in [2.45, 2.75) is 6.04 Å². The molecule has 2 aromatic carbocycles. The van der Waals surface area contributed by atoms with Gasteiger partial charge in [-0.1, -0.05) is 29.8 Å². The van der Waals surface area contributed by atoms with E-state index in [4.69, 9.17) is 20.8 Å². The number of carbonyl (C=O) groups is 2. The third kappa shape index (κ3) is 3.06. The van der Waals surface area contributed by atoms with Crippen molar-refractivity contribution in [1.82, 2.24) is 4.98 Å². The molecule has 0 bridgehead atoms. The van der Waals surface area contributed by atoms with E-state index in [0.717, 1.165) is 0 Å². The number of halogens is 1. The summed E-state index contributed by atoms with van der Waals surface area (Å²) < 4.78 is 10.6. The van der Waals surface area contributed by atoms with Gasteiger partial charge in [0.25, 0.3) is 5.91 Å². The summed E-state index contributed by atoms with van der Waals surface area (Å²) in [5, 5.41) is 0.665. The minimum atomic E-state index is -0.793. The van der Waals surface area contributed by atoms with Gasteiger partial charge >= 0.3 is 5.97 Å². The van der Waals surface area contributed by atoms with Gasteiger partial charge in [-0.25, -0.2) is 9.78 Å². The van der Waals surface area contributed by atoms with E-state index in [1.807, 2.05) is 0 Å². The normalized spacial score (nSPS) is 15.1. The Bertz CT molecular complexity index is 1430. The van der Waals surface area contributed by atoms with E-state index in [9.17, 15) is 14.4 Å². The largest absolute Gasteiger partial charge is 0.465 e. The molecule has 3 heterocycles. The van der Waals surface area contributed by atoms with E-state index in [2.05, 4.69) is 4.98 Å². The Morgan fingerprint density at radius 1 is 1.09 bits per heavy atom. The van der Waals surface area contributed by atoms with Gasteiger partial charge in [0.05, 0.1) is 29.7 Å². The fourth-order valence-corrected chi connectivity index (χ4v) is 4.08. The van der Waals surface area contributed by atoms with Crippen molar-refractivity contribution in [2.75, 3.05) is 12.0 Å². The molecule has 0 N–H and O–H groups in total. The predicted octanol–water partition coefficient (Wildman–Crippen LogP) is 4.38. The minimum Gasteiger partial charge on any atom is -0.465 e. The van der Waals surface area contributed by atoms with Crippen molar-refractivity contribution in [3.63, 3.8) is 0 Å². The number of aromatic nitrogens is 1. The van der Waals surface area contributed by atoms with E-state index in [-0.39, 0.29) is 27.7 Å². The molecule has 0 saturated heterocycles. The van der Waals surface area contributed by atoms with Crippen LogP contribution in [0.1, 0.15) is 38.1 Å². The molecule has 2 aromatic heterocycles. The molecule has 5 rings (SSSR count). The van der Waals surface area contributed by atoms with Gasteiger partial charge in [-0.2, -0.15) is 0 Å². The Morgan fingerprint density at radius 3 is 2.56 bits per heavy atom. The Morgan fingerprint density at radius 2 is 1.88 bits per heavy atom. The van der Waals surface area contributed by atoms with Gasteiger partial charge in [-0.15, -0.1) is 0 Å². The molecule has 1 amide bonds. The zero-order chi connectivity index (χ0) is 22.4. The number of methoxy groups -OCH3 is 1. The third-order valence-corrected chi connectivity index (χ3v) is 5.61. The number of hydrogen-bond donors (Lipinski definition) is 0. The standard InChI is InChI=1S/C24H15ClN2O5/c1-31-24(30)14-7-5-13(6-8-14)20-19-21(28)16-12-15(25)9-10-17(16)32-22(19)23(29)27(20)18-4-2-3-11-26-18/h2-12,20H,1H3/t20-/m0/s1. The number of nitrogens with zero attached hydrogens (tertiary/aromatic N) is 2. The highest BCUT2D eigenvalue weighted by molar-refractivity contribution is 6.31. The Kier molecular flexibility index (Phi) is 4.75. The highest BCUT2D eigenvalue weighted by Gasteiger charge is 2.44. The van der Waals surface area contributed by atoms with E-state index in [0.29, 0.717) is 22.0 Å². The van der Waals surface area contributed by atoms with Crippen LogP contribution in [-0.2, 0) is 4.74 Å². The first kappa shape index (κ1) is 20.0. The Hall–Kier alpha value is -3.97. The molecule has 7 nitrogen and oxygen atoms in total. The summed E-state index contributed by atoms with van der Waals surface area (Å²) in [7, 11) is 1.30. The summed E-state index contributed by atoms with van der Waals surface area (Å²) in [4.78, 5) is 44.5. The van der Waals surface area contributed by atoms with Crippen LogP contribution in [0.4, 0.5) is 5.82 Å².